The molecule has 0 aromatic heterocycles. The molecular formula is C11H22N2O3. The van der Waals surface area contributed by atoms with Gasteiger partial charge in [0.2, 0.25) is 5.91 Å². The van der Waals surface area contributed by atoms with Crippen LogP contribution in [0.25, 0.3) is 0 Å². The SMILES string of the molecule is CCC1CC(NCCOCC(N)=O)CCO1. The van der Waals surface area contributed by atoms with Crippen LogP contribution in [-0.2, 0) is 14.3 Å². The lowest BCUT2D eigenvalue weighted by Gasteiger charge is -2.29. The lowest BCUT2D eigenvalue weighted by atomic mass is 10.0. The van der Waals surface area contributed by atoms with Crippen molar-refractivity contribution in [3.8, 4) is 0 Å². The second-order valence-corrected chi connectivity index (χ2v) is 4.10. The number of ether oxygens (including phenoxy) is 2. The van der Waals surface area contributed by atoms with Crippen LogP contribution in [0, 0.1) is 0 Å². The third-order valence-electron chi connectivity index (χ3n) is 2.75. The van der Waals surface area contributed by atoms with Crippen LogP contribution >= 0.6 is 0 Å². The molecule has 2 atom stereocenters. The molecule has 16 heavy (non-hydrogen) atoms. The molecule has 1 saturated heterocycles. The Kier molecular flexibility index (Phi) is 6.37. The summed E-state index contributed by atoms with van der Waals surface area (Å²) in [5, 5.41) is 3.40. The van der Waals surface area contributed by atoms with E-state index < -0.39 is 5.91 Å². The predicted octanol–water partition coefficient (Wildman–Crippen LogP) is 0.0355. The highest BCUT2D eigenvalue weighted by Crippen LogP contribution is 2.15. The van der Waals surface area contributed by atoms with E-state index in [4.69, 9.17) is 15.2 Å². The summed E-state index contributed by atoms with van der Waals surface area (Å²) in [6.45, 7) is 4.26. The number of amides is 1. The Morgan fingerprint density at radius 2 is 2.44 bits per heavy atom. The topological polar surface area (TPSA) is 73.6 Å². The second kappa shape index (κ2) is 7.60. The van der Waals surface area contributed by atoms with Gasteiger partial charge in [-0.15, -0.1) is 0 Å². The highest BCUT2D eigenvalue weighted by molar-refractivity contribution is 5.74. The molecule has 1 rings (SSSR count). The van der Waals surface area contributed by atoms with Crippen LogP contribution in [-0.4, -0.2) is 44.4 Å². The van der Waals surface area contributed by atoms with Gasteiger partial charge in [0.15, 0.2) is 0 Å². The van der Waals surface area contributed by atoms with Crippen LogP contribution in [0.5, 0.6) is 0 Å². The number of hydrogen-bond donors (Lipinski definition) is 2. The number of carbonyl (C=O) groups excluding carboxylic acids is 1. The summed E-state index contributed by atoms with van der Waals surface area (Å²) in [4.78, 5) is 10.4. The molecule has 0 aromatic rings. The number of nitrogens with one attached hydrogen (secondary N) is 1. The van der Waals surface area contributed by atoms with Crippen molar-refractivity contribution in [3.05, 3.63) is 0 Å². The molecule has 1 fully saturated rings. The van der Waals surface area contributed by atoms with Gasteiger partial charge in [0, 0.05) is 19.2 Å². The number of carbonyl (C=O) groups is 1. The maximum absolute atomic E-state index is 10.4. The van der Waals surface area contributed by atoms with E-state index >= 15 is 0 Å². The highest BCUT2D eigenvalue weighted by atomic mass is 16.5. The Bertz CT molecular complexity index is 211. The van der Waals surface area contributed by atoms with Gasteiger partial charge in [-0.2, -0.15) is 0 Å². The lowest BCUT2D eigenvalue weighted by Crippen LogP contribution is -2.40. The summed E-state index contributed by atoms with van der Waals surface area (Å²) in [7, 11) is 0. The smallest absolute Gasteiger partial charge is 0.243 e. The molecule has 0 aromatic carbocycles. The highest BCUT2D eigenvalue weighted by Gasteiger charge is 2.20. The van der Waals surface area contributed by atoms with Crippen molar-refractivity contribution < 1.29 is 14.3 Å². The zero-order chi connectivity index (χ0) is 11.8. The summed E-state index contributed by atoms with van der Waals surface area (Å²) in [5.41, 5.74) is 4.95. The normalized spacial score (nSPS) is 25.6. The maximum atomic E-state index is 10.4. The van der Waals surface area contributed by atoms with E-state index in [2.05, 4.69) is 12.2 Å². The summed E-state index contributed by atoms with van der Waals surface area (Å²) in [6, 6.07) is 0.510. The third-order valence-corrected chi connectivity index (χ3v) is 2.75. The first-order valence-electron chi connectivity index (χ1n) is 5.93. The monoisotopic (exact) mass is 230 g/mol. The van der Waals surface area contributed by atoms with Gasteiger partial charge in [-0.25, -0.2) is 0 Å². The predicted molar refractivity (Wildman–Crippen MR) is 61.1 cm³/mol. The van der Waals surface area contributed by atoms with Crippen molar-refractivity contribution in [2.75, 3.05) is 26.4 Å². The zero-order valence-corrected chi connectivity index (χ0v) is 9.91. The van der Waals surface area contributed by atoms with E-state index in [0.717, 1.165) is 32.4 Å². The van der Waals surface area contributed by atoms with E-state index in [0.29, 0.717) is 18.8 Å². The maximum Gasteiger partial charge on any atom is 0.243 e. The molecule has 0 bridgehead atoms. The average Bonchev–Trinajstić information content (AvgIpc) is 2.28. The summed E-state index contributed by atoms with van der Waals surface area (Å²) in [6.07, 6.45) is 3.56. The molecule has 2 unspecified atom stereocenters. The molecule has 0 radical (unpaired) electrons. The fraction of sp³-hybridized carbons (Fsp3) is 0.909. The molecule has 1 aliphatic heterocycles. The van der Waals surface area contributed by atoms with Crippen LogP contribution in [0.1, 0.15) is 26.2 Å². The van der Waals surface area contributed by atoms with Crippen molar-refractivity contribution in [2.45, 2.75) is 38.3 Å². The Balaban J connectivity index is 2.01. The van der Waals surface area contributed by atoms with Crippen molar-refractivity contribution in [1.29, 1.82) is 0 Å². The molecule has 0 aliphatic carbocycles. The standard InChI is InChI=1S/C11H22N2O3/c1-2-10-7-9(3-5-16-10)13-4-6-15-8-11(12)14/h9-10,13H,2-8H2,1H3,(H2,12,14). The average molecular weight is 230 g/mol. The molecule has 0 spiro atoms. The van der Waals surface area contributed by atoms with Crippen LogP contribution in [0.15, 0.2) is 0 Å². The van der Waals surface area contributed by atoms with Crippen LogP contribution in [0.2, 0.25) is 0 Å². The molecule has 3 N–H and O–H groups in total. The first-order valence-corrected chi connectivity index (χ1v) is 5.93. The summed E-state index contributed by atoms with van der Waals surface area (Å²) in [5.74, 6) is -0.419. The van der Waals surface area contributed by atoms with E-state index in [9.17, 15) is 4.79 Å². The van der Waals surface area contributed by atoms with E-state index in [1.54, 1.807) is 0 Å². The van der Waals surface area contributed by atoms with Crippen molar-refractivity contribution in [1.82, 2.24) is 5.32 Å². The minimum absolute atomic E-state index is 0.00699. The van der Waals surface area contributed by atoms with Crippen LogP contribution in [0.3, 0.4) is 0 Å². The number of nitrogens with two attached hydrogens (primary N) is 1. The van der Waals surface area contributed by atoms with Gasteiger partial charge < -0.3 is 20.5 Å². The molecule has 1 amide bonds. The Morgan fingerprint density at radius 1 is 1.62 bits per heavy atom. The lowest BCUT2D eigenvalue weighted by molar-refractivity contribution is -0.122. The molecule has 94 valence electrons. The fourth-order valence-corrected chi connectivity index (χ4v) is 1.86. The minimum Gasteiger partial charge on any atom is -0.378 e. The van der Waals surface area contributed by atoms with Gasteiger partial charge in [-0.05, 0) is 19.3 Å². The first-order chi connectivity index (χ1) is 7.72. The Labute approximate surface area is 96.7 Å². The van der Waals surface area contributed by atoms with E-state index in [1.165, 1.54) is 0 Å². The molecule has 1 heterocycles. The number of hydrogen-bond acceptors (Lipinski definition) is 4. The first kappa shape index (κ1) is 13.4. The summed E-state index contributed by atoms with van der Waals surface area (Å²) < 4.78 is 10.7. The molecule has 1 aliphatic rings. The van der Waals surface area contributed by atoms with Gasteiger partial charge in [0.25, 0.3) is 0 Å². The quantitative estimate of drug-likeness (QED) is 0.605. The number of rotatable bonds is 7. The zero-order valence-electron chi connectivity index (χ0n) is 9.91. The van der Waals surface area contributed by atoms with Crippen LogP contribution in [0.4, 0.5) is 0 Å². The van der Waals surface area contributed by atoms with Crippen molar-refractivity contribution >= 4 is 5.91 Å². The molecule has 0 saturated carbocycles. The summed E-state index contributed by atoms with van der Waals surface area (Å²) >= 11 is 0. The molecular weight excluding hydrogens is 208 g/mol. The molecule has 5 heteroatoms. The van der Waals surface area contributed by atoms with Gasteiger partial charge >= 0.3 is 0 Å². The van der Waals surface area contributed by atoms with Gasteiger partial charge in [0.05, 0.1) is 12.7 Å². The van der Waals surface area contributed by atoms with Gasteiger partial charge in [0.1, 0.15) is 6.61 Å². The third kappa shape index (κ3) is 5.44. The largest absolute Gasteiger partial charge is 0.378 e. The second-order valence-electron chi connectivity index (χ2n) is 4.10. The Hall–Kier alpha value is -0.650. The minimum atomic E-state index is -0.419. The van der Waals surface area contributed by atoms with Crippen molar-refractivity contribution in [3.63, 3.8) is 0 Å². The molecule has 5 nitrogen and oxygen atoms in total. The Morgan fingerprint density at radius 3 is 3.12 bits per heavy atom. The van der Waals surface area contributed by atoms with Crippen LogP contribution < -0.4 is 11.1 Å². The van der Waals surface area contributed by atoms with Crippen molar-refractivity contribution in [2.24, 2.45) is 5.73 Å². The fourth-order valence-electron chi connectivity index (χ4n) is 1.86. The van der Waals surface area contributed by atoms with Gasteiger partial charge in [-0.3, -0.25) is 4.79 Å². The van der Waals surface area contributed by atoms with E-state index in [-0.39, 0.29) is 6.61 Å². The van der Waals surface area contributed by atoms with E-state index in [1.807, 2.05) is 0 Å². The number of primary amides is 1. The van der Waals surface area contributed by atoms with Gasteiger partial charge in [-0.1, -0.05) is 6.92 Å².